The van der Waals surface area contributed by atoms with Crippen molar-refractivity contribution in [1.29, 1.82) is 0 Å². The van der Waals surface area contributed by atoms with Crippen molar-refractivity contribution < 1.29 is 31.3 Å². The Hall–Kier alpha value is -5.60. The number of aromatic amines is 2. The molecule has 8 rings (SSSR count). The molecule has 0 spiro atoms. The van der Waals surface area contributed by atoms with Crippen molar-refractivity contribution in [2.75, 3.05) is 5.73 Å². The van der Waals surface area contributed by atoms with Crippen molar-refractivity contribution in [2.24, 2.45) is 0 Å². The van der Waals surface area contributed by atoms with E-state index in [2.05, 4.69) is 29.9 Å². The van der Waals surface area contributed by atoms with E-state index in [1.165, 1.54) is 29.0 Å². The van der Waals surface area contributed by atoms with Gasteiger partial charge in [-0.05, 0) is 74.5 Å². The molecule has 8 aromatic rings. The number of aryl methyl sites for hydroxylation is 2. The molecule has 21 heteroatoms. The molecule has 0 saturated carbocycles. The molecule has 0 saturated heterocycles. The summed E-state index contributed by atoms with van der Waals surface area (Å²) in [5, 5.41) is 10.9. The molecule has 0 aliphatic heterocycles. The number of anilines is 1. The Morgan fingerprint density at radius 2 is 1.14 bits per heavy atom. The summed E-state index contributed by atoms with van der Waals surface area (Å²) in [5.41, 5.74) is 7.84. The summed E-state index contributed by atoms with van der Waals surface area (Å²) >= 11 is -0.826. The standard InChI is InChI=1S/C18H12F3N5O2.C18H14F3N5.2ClH.Sn/c1-10-22-4-5-25(10)14-7-11(6-12(8-14)18(19,20)21)17-23-15-3-2-13(26(27)28)9-16(15)24-17;1-10-23-4-5-26(10)14-7-11(6-12(8-14)18(19,20)21)17-24-15-3-2-13(22)9-16(15)25-17;;;/h2-9H,1H3,(H,23,24);2-9H,22H2,1H3,(H,24,25);2*1H;/q;;;;+2/p-2. The van der Waals surface area contributed by atoms with Gasteiger partial charge >= 0.3 is 49.1 Å². The first-order chi connectivity index (χ1) is 26.9. The van der Waals surface area contributed by atoms with Crippen LogP contribution in [0, 0.1) is 24.0 Å². The number of nitro benzene ring substituents is 1. The van der Waals surface area contributed by atoms with E-state index >= 15 is 0 Å². The zero-order valence-corrected chi connectivity index (χ0v) is 33.7. The minimum absolute atomic E-state index is 0.138. The zero-order chi connectivity index (χ0) is 41.2. The molecule has 0 aliphatic rings. The number of benzene rings is 4. The van der Waals surface area contributed by atoms with Gasteiger partial charge in [0, 0.05) is 65.1 Å². The van der Waals surface area contributed by atoms with Gasteiger partial charge in [-0.3, -0.25) is 10.1 Å². The van der Waals surface area contributed by atoms with Crippen LogP contribution in [0.15, 0.2) is 97.6 Å². The van der Waals surface area contributed by atoms with Crippen LogP contribution in [0.5, 0.6) is 0 Å². The fourth-order valence-electron chi connectivity index (χ4n) is 5.81. The SMILES string of the molecule is Cc1nccn1-c1cc(-c2nc3ccc(N)cc3[nH]2)cc(C(F)(F)F)c1.Cc1nccn1-c1cc(-c2nc3ccc([N+](=O)[O-])cc3[nH]2)cc(C(F)(F)F)c1.[Cl][Sn][Cl]. The third-order valence-corrected chi connectivity index (χ3v) is 8.43. The fraction of sp³-hybridized carbons (Fsp3) is 0.111. The second kappa shape index (κ2) is 16.5. The van der Waals surface area contributed by atoms with Gasteiger partial charge in [-0.1, -0.05) is 0 Å². The van der Waals surface area contributed by atoms with E-state index in [1.807, 2.05) is 0 Å². The number of imidazole rings is 4. The Morgan fingerprint density at radius 3 is 1.54 bits per heavy atom. The Kier molecular flexibility index (Phi) is 11.9. The molecule has 4 heterocycles. The van der Waals surface area contributed by atoms with Crippen LogP contribution in [0.4, 0.5) is 37.7 Å². The Bertz CT molecular complexity index is 2720. The molecule has 2 radical (unpaired) electrons. The molecular weight excluding hydrogens is 908 g/mol. The predicted molar refractivity (Wildman–Crippen MR) is 205 cm³/mol. The fourth-order valence-corrected chi connectivity index (χ4v) is 5.81. The number of fused-ring (bicyclic) bond motifs is 2. The van der Waals surface area contributed by atoms with Crippen LogP contribution in [0.3, 0.4) is 0 Å². The number of nitrogens with one attached hydrogen (secondary N) is 2. The van der Waals surface area contributed by atoms with Crippen LogP contribution >= 0.6 is 17.8 Å². The van der Waals surface area contributed by atoms with Gasteiger partial charge in [0.25, 0.3) is 5.69 Å². The van der Waals surface area contributed by atoms with Gasteiger partial charge in [0.05, 0.1) is 38.1 Å². The van der Waals surface area contributed by atoms with Gasteiger partial charge in [-0.2, -0.15) is 26.3 Å². The van der Waals surface area contributed by atoms with Crippen molar-refractivity contribution in [3.05, 3.63) is 130 Å². The van der Waals surface area contributed by atoms with E-state index in [-0.39, 0.29) is 22.8 Å². The van der Waals surface area contributed by atoms with Crippen LogP contribution in [0.25, 0.3) is 56.2 Å². The number of hydrogen-bond acceptors (Lipinski definition) is 7. The summed E-state index contributed by atoms with van der Waals surface area (Å²) in [5.74, 6) is 1.65. The minimum atomic E-state index is -4.55. The number of rotatable bonds is 5. The summed E-state index contributed by atoms with van der Waals surface area (Å²) in [6.45, 7) is 3.41. The zero-order valence-electron chi connectivity index (χ0n) is 29.3. The van der Waals surface area contributed by atoms with E-state index in [0.29, 0.717) is 56.5 Å². The average Bonchev–Trinajstić information content (AvgIpc) is 3.97. The molecule has 0 atom stereocenters. The second-order valence-electron chi connectivity index (χ2n) is 12.2. The van der Waals surface area contributed by atoms with E-state index in [4.69, 9.17) is 23.6 Å². The van der Waals surface area contributed by atoms with Crippen molar-refractivity contribution in [1.82, 2.24) is 39.0 Å². The Balaban J connectivity index is 0.000000181. The monoisotopic (exact) mass is 934 g/mol. The first-order valence-electron chi connectivity index (χ1n) is 16.3. The van der Waals surface area contributed by atoms with Crippen LogP contribution in [-0.4, -0.2) is 62.9 Å². The maximum absolute atomic E-state index is 13.4. The molecule has 0 unspecified atom stereocenters. The number of alkyl halides is 6. The van der Waals surface area contributed by atoms with Gasteiger partial charge < -0.3 is 24.8 Å². The number of H-pyrrole nitrogens is 2. The Labute approximate surface area is 335 Å². The molecule has 4 N–H and O–H groups in total. The summed E-state index contributed by atoms with van der Waals surface area (Å²) < 4.78 is 83.6. The number of nitro groups is 1. The first kappa shape index (κ1) is 41.0. The van der Waals surface area contributed by atoms with Crippen molar-refractivity contribution in [3.8, 4) is 34.2 Å². The van der Waals surface area contributed by atoms with Crippen molar-refractivity contribution in [3.63, 3.8) is 0 Å². The number of nitrogens with zero attached hydrogens (tertiary/aromatic N) is 7. The summed E-state index contributed by atoms with van der Waals surface area (Å²) in [6, 6.07) is 16.5. The molecule has 4 aromatic heterocycles. The topological polar surface area (TPSA) is 162 Å². The second-order valence-corrected chi connectivity index (χ2v) is 16.4. The van der Waals surface area contributed by atoms with Crippen molar-refractivity contribution >= 4 is 70.2 Å². The molecule has 4 aromatic carbocycles. The number of nitrogen functional groups attached to an aromatic ring is 1. The average molecular weight is 934 g/mol. The summed E-state index contributed by atoms with van der Waals surface area (Å²) in [4.78, 5) is 33.1. The molecule has 12 nitrogen and oxygen atoms in total. The Morgan fingerprint density at radius 1 is 0.702 bits per heavy atom. The van der Waals surface area contributed by atoms with Gasteiger partial charge in [0.15, 0.2) is 0 Å². The van der Waals surface area contributed by atoms with Gasteiger partial charge in [0.1, 0.15) is 23.3 Å². The number of halogens is 8. The maximum atomic E-state index is 13.4. The number of hydrogen-bond donors (Lipinski definition) is 3. The van der Waals surface area contributed by atoms with E-state index in [9.17, 15) is 36.5 Å². The third kappa shape index (κ3) is 9.34. The van der Waals surface area contributed by atoms with E-state index in [0.717, 1.165) is 24.3 Å². The molecule has 0 aliphatic carbocycles. The summed E-state index contributed by atoms with van der Waals surface area (Å²) in [6.07, 6.45) is -2.81. The number of non-ortho nitro benzene ring substituents is 1. The van der Waals surface area contributed by atoms with E-state index in [1.54, 1.807) is 67.3 Å². The third-order valence-electron chi connectivity index (χ3n) is 8.43. The molecule has 0 bridgehead atoms. The van der Waals surface area contributed by atoms with Gasteiger partial charge in [-0.15, -0.1) is 0 Å². The van der Waals surface area contributed by atoms with E-state index < -0.39 is 47.3 Å². The number of aromatic nitrogens is 8. The predicted octanol–water partition coefficient (Wildman–Crippen LogP) is 9.97. The van der Waals surface area contributed by atoms with Crippen LogP contribution in [0.1, 0.15) is 22.8 Å². The van der Waals surface area contributed by atoms with Crippen LogP contribution < -0.4 is 5.73 Å². The first-order valence-corrected chi connectivity index (χ1v) is 23.5. The number of nitrogens with two attached hydrogens (primary N) is 1. The molecule has 0 amide bonds. The molecule has 292 valence electrons. The van der Waals surface area contributed by atoms with Gasteiger partial charge in [0.2, 0.25) is 0 Å². The normalized spacial score (nSPS) is 11.6. The quantitative estimate of drug-likeness (QED) is 0.0509. The summed E-state index contributed by atoms with van der Waals surface area (Å²) in [7, 11) is 9.87. The van der Waals surface area contributed by atoms with Crippen LogP contribution in [0.2, 0.25) is 0 Å². The molecule has 0 fully saturated rings. The molecule has 57 heavy (non-hydrogen) atoms. The van der Waals surface area contributed by atoms with Crippen molar-refractivity contribution in [2.45, 2.75) is 26.2 Å². The van der Waals surface area contributed by atoms with Gasteiger partial charge in [-0.25, -0.2) is 19.9 Å². The van der Waals surface area contributed by atoms with Crippen LogP contribution in [-0.2, 0) is 12.4 Å². The molecular formula is C36H26Cl2F6N10O2Sn.